The first-order chi connectivity index (χ1) is 9.56. The molecule has 1 amide bonds. The Morgan fingerprint density at radius 1 is 1.65 bits per heavy atom. The molecule has 0 atom stereocenters. The second-order valence-corrected chi connectivity index (χ2v) is 7.38. The maximum Gasteiger partial charge on any atom is 0.276 e. The van der Waals surface area contributed by atoms with Gasteiger partial charge < -0.3 is 10.6 Å². The van der Waals surface area contributed by atoms with Crippen molar-refractivity contribution >= 4 is 38.9 Å². The van der Waals surface area contributed by atoms with Gasteiger partial charge in [-0.15, -0.1) is 11.3 Å². The van der Waals surface area contributed by atoms with Crippen molar-refractivity contribution in [3.8, 4) is 0 Å². The van der Waals surface area contributed by atoms with Gasteiger partial charge in [-0.05, 0) is 45.8 Å². The monoisotopic (exact) mass is 354 g/mol. The molecule has 106 valence electrons. The summed E-state index contributed by atoms with van der Waals surface area (Å²) >= 11 is 5.03. The zero-order chi connectivity index (χ0) is 14.3. The molecule has 0 radical (unpaired) electrons. The molecule has 1 aliphatic rings. The third kappa shape index (κ3) is 2.60. The first-order valence-corrected chi connectivity index (χ1v) is 8.05. The number of hydrogen-bond acceptors (Lipinski definition) is 4. The number of H-pyrrole nitrogens is 1. The van der Waals surface area contributed by atoms with Crippen molar-refractivity contribution in [1.29, 1.82) is 0 Å². The lowest BCUT2D eigenvalue weighted by molar-refractivity contribution is 0.0780. The quantitative estimate of drug-likeness (QED) is 0.885. The molecule has 0 saturated heterocycles. The number of nitrogens with one attached hydrogen (secondary N) is 1. The lowest BCUT2D eigenvalue weighted by atomic mass is 10.2. The molecule has 3 rings (SSSR count). The number of nitrogen functional groups attached to an aromatic ring is 1. The predicted octanol–water partition coefficient (Wildman–Crippen LogP) is 2.97. The van der Waals surface area contributed by atoms with E-state index in [0.29, 0.717) is 23.8 Å². The van der Waals surface area contributed by atoms with E-state index in [4.69, 9.17) is 5.73 Å². The highest BCUT2D eigenvalue weighted by Gasteiger charge is 2.31. The van der Waals surface area contributed by atoms with Crippen molar-refractivity contribution < 1.29 is 4.79 Å². The number of nitrogens with zero attached hydrogens (tertiary/aromatic N) is 2. The molecule has 0 bridgehead atoms. The molecule has 0 spiro atoms. The maximum absolute atomic E-state index is 12.4. The van der Waals surface area contributed by atoms with Gasteiger partial charge in [-0.3, -0.25) is 9.89 Å². The normalized spacial score (nSPS) is 14.5. The number of aromatic amines is 1. The molecule has 2 aromatic rings. The van der Waals surface area contributed by atoms with E-state index in [-0.39, 0.29) is 5.91 Å². The summed E-state index contributed by atoms with van der Waals surface area (Å²) in [5.74, 6) is 0.315. The Hall–Kier alpha value is -1.34. The summed E-state index contributed by atoms with van der Waals surface area (Å²) in [5, 5.41) is 9.03. The molecular formula is C13H15BrN4OS. The van der Waals surface area contributed by atoms with Crippen LogP contribution in [0.3, 0.4) is 0 Å². The van der Waals surface area contributed by atoms with Crippen LogP contribution in [0, 0.1) is 0 Å². The van der Waals surface area contributed by atoms with Gasteiger partial charge in [0, 0.05) is 19.5 Å². The molecule has 0 unspecified atom stereocenters. The van der Waals surface area contributed by atoms with Crippen LogP contribution in [0.2, 0.25) is 0 Å². The van der Waals surface area contributed by atoms with E-state index in [1.165, 1.54) is 0 Å². The summed E-state index contributed by atoms with van der Waals surface area (Å²) in [6.07, 6.45) is 2.25. The van der Waals surface area contributed by atoms with Crippen LogP contribution in [-0.4, -0.2) is 28.1 Å². The van der Waals surface area contributed by atoms with E-state index < -0.39 is 0 Å². The van der Waals surface area contributed by atoms with Crippen LogP contribution < -0.4 is 5.73 Å². The number of hydrogen-bond donors (Lipinski definition) is 2. The second-order valence-electron chi connectivity index (χ2n) is 5.09. The van der Waals surface area contributed by atoms with E-state index in [2.05, 4.69) is 26.1 Å². The fourth-order valence-electron chi connectivity index (χ4n) is 2.17. The molecule has 1 aliphatic carbocycles. The number of carbonyl (C=O) groups is 1. The fraction of sp³-hybridized carbons (Fsp3) is 0.385. The van der Waals surface area contributed by atoms with Crippen LogP contribution in [-0.2, 0) is 6.54 Å². The number of anilines is 1. The van der Waals surface area contributed by atoms with Crippen molar-refractivity contribution in [2.24, 2.45) is 0 Å². The molecule has 2 heterocycles. The molecule has 1 saturated carbocycles. The van der Waals surface area contributed by atoms with Crippen LogP contribution in [0.5, 0.6) is 0 Å². The third-order valence-electron chi connectivity index (χ3n) is 3.41. The van der Waals surface area contributed by atoms with E-state index in [1.807, 2.05) is 11.4 Å². The molecule has 1 fully saturated rings. The average molecular weight is 355 g/mol. The third-order valence-corrected chi connectivity index (χ3v) is 4.96. The van der Waals surface area contributed by atoms with Gasteiger partial charge in [0.05, 0.1) is 15.2 Å². The highest BCUT2D eigenvalue weighted by atomic mass is 79.9. The van der Waals surface area contributed by atoms with Gasteiger partial charge in [-0.1, -0.05) is 0 Å². The number of rotatable bonds is 4. The Balaban J connectivity index is 1.74. The Morgan fingerprint density at radius 2 is 2.40 bits per heavy atom. The molecule has 5 nitrogen and oxygen atoms in total. The molecule has 20 heavy (non-hydrogen) atoms. The standard InChI is InChI=1S/C13H15BrN4OS/c1-18(5-7-4-9(14)20-6-7)13(19)12-10(15)11(16-17-12)8-2-3-8/h4,6,8H,2-3,5,15H2,1H3,(H,16,17). The first-order valence-electron chi connectivity index (χ1n) is 6.38. The number of amides is 1. The van der Waals surface area contributed by atoms with E-state index >= 15 is 0 Å². The number of halogens is 1. The summed E-state index contributed by atoms with van der Waals surface area (Å²) in [6.45, 7) is 0.548. The topological polar surface area (TPSA) is 75.0 Å². The molecule has 0 aromatic carbocycles. The highest BCUT2D eigenvalue weighted by Crippen LogP contribution is 2.42. The summed E-state index contributed by atoms with van der Waals surface area (Å²) in [5.41, 5.74) is 8.89. The summed E-state index contributed by atoms with van der Waals surface area (Å²) in [4.78, 5) is 14.0. The van der Waals surface area contributed by atoms with Crippen LogP contribution in [0.15, 0.2) is 15.2 Å². The number of carbonyl (C=O) groups excluding carboxylic acids is 1. The lowest BCUT2D eigenvalue weighted by Gasteiger charge is -2.15. The largest absolute Gasteiger partial charge is 0.395 e. The Morgan fingerprint density at radius 3 is 3.00 bits per heavy atom. The van der Waals surface area contributed by atoms with Crippen molar-refractivity contribution in [3.05, 3.63) is 32.2 Å². The van der Waals surface area contributed by atoms with Gasteiger partial charge in [0.25, 0.3) is 5.91 Å². The van der Waals surface area contributed by atoms with Gasteiger partial charge >= 0.3 is 0 Å². The highest BCUT2D eigenvalue weighted by molar-refractivity contribution is 9.11. The Kier molecular flexibility index (Phi) is 3.55. The zero-order valence-corrected chi connectivity index (χ0v) is 13.4. The van der Waals surface area contributed by atoms with Crippen molar-refractivity contribution in [2.45, 2.75) is 25.3 Å². The average Bonchev–Trinajstić information content (AvgIpc) is 3.07. The van der Waals surface area contributed by atoms with Crippen LogP contribution in [0.4, 0.5) is 5.69 Å². The van der Waals surface area contributed by atoms with E-state index in [1.54, 1.807) is 23.3 Å². The minimum atomic E-state index is -0.145. The predicted molar refractivity (Wildman–Crippen MR) is 82.8 cm³/mol. The van der Waals surface area contributed by atoms with Crippen molar-refractivity contribution in [3.63, 3.8) is 0 Å². The summed E-state index contributed by atoms with van der Waals surface area (Å²) < 4.78 is 1.06. The molecule has 0 aliphatic heterocycles. The van der Waals surface area contributed by atoms with Crippen LogP contribution >= 0.6 is 27.3 Å². The Labute approximate surface area is 129 Å². The van der Waals surface area contributed by atoms with Crippen LogP contribution in [0.25, 0.3) is 0 Å². The van der Waals surface area contributed by atoms with Gasteiger partial charge in [-0.25, -0.2) is 0 Å². The maximum atomic E-state index is 12.4. The summed E-state index contributed by atoms with van der Waals surface area (Å²) in [6, 6.07) is 2.01. The number of aromatic nitrogens is 2. The number of nitrogens with two attached hydrogens (primary N) is 1. The van der Waals surface area contributed by atoms with Gasteiger partial charge in [-0.2, -0.15) is 5.10 Å². The van der Waals surface area contributed by atoms with Crippen molar-refractivity contribution in [1.82, 2.24) is 15.1 Å². The molecule has 7 heteroatoms. The van der Waals surface area contributed by atoms with Gasteiger partial charge in [0.15, 0.2) is 5.69 Å². The smallest absolute Gasteiger partial charge is 0.276 e. The van der Waals surface area contributed by atoms with E-state index in [0.717, 1.165) is 27.9 Å². The van der Waals surface area contributed by atoms with Gasteiger partial charge in [0.2, 0.25) is 0 Å². The summed E-state index contributed by atoms with van der Waals surface area (Å²) in [7, 11) is 1.76. The van der Waals surface area contributed by atoms with E-state index in [9.17, 15) is 4.79 Å². The molecule has 2 aromatic heterocycles. The van der Waals surface area contributed by atoms with Gasteiger partial charge in [0.1, 0.15) is 0 Å². The van der Waals surface area contributed by atoms with Crippen molar-refractivity contribution in [2.75, 3.05) is 12.8 Å². The fourth-order valence-corrected chi connectivity index (χ4v) is 3.37. The lowest BCUT2D eigenvalue weighted by Crippen LogP contribution is -2.27. The molecular weight excluding hydrogens is 340 g/mol. The van der Waals surface area contributed by atoms with Crippen LogP contribution in [0.1, 0.15) is 40.5 Å². The SMILES string of the molecule is CN(Cc1csc(Br)c1)C(=O)c1n[nH]c(C2CC2)c1N. The minimum Gasteiger partial charge on any atom is -0.395 e. The number of thiophene rings is 1. The Bertz CT molecular complexity index is 647. The minimum absolute atomic E-state index is 0.145. The second kappa shape index (κ2) is 5.21. The first kappa shape index (κ1) is 13.6. The zero-order valence-electron chi connectivity index (χ0n) is 11.0. The molecule has 3 N–H and O–H groups in total.